The van der Waals surface area contributed by atoms with E-state index in [1.54, 1.807) is 29.7 Å². The molecule has 0 amide bonds. The zero-order chi connectivity index (χ0) is 54.2. The number of ketones is 2. The Bertz CT molecular complexity index is 2640. The van der Waals surface area contributed by atoms with Crippen molar-refractivity contribution >= 4 is 107 Å². The first-order valence-electron chi connectivity index (χ1n) is 24.7. The molecular weight excluding hydrogens is 1200 g/mol. The van der Waals surface area contributed by atoms with Crippen LogP contribution in [0.3, 0.4) is 0 Å². The van der Waals surface area contributed by atoms with Crippen molar-refractivity contribution in [1.29, 1.82) is 0 Å². The summed E-state index contributed by atoms with van der Waals surface area (Å²) in [6.07, 6.45) is 11.8. The zero-order valence-electron chi connectivity index (χ0n) is 44.0. The maximum absolute atomic E-state index is 13.1. The Hall–Kier alpha value is -4.23. The minimum Gasteiger partial charge on any atom is -0.512 e. The molecule has 2 aromatic heterocycles. The average Bonchev–Trinajstić information content (AvgIpc) is 3.29. The van der Waals surface area contributed by atoms with Gasteiger partial charge in [-0.25, -0.2) is 9.97 Å². The number of allylic oxidation sites excluding steroid dienone is 4. The van der Waals surface area contributed by atoms with Gasteiger partial charge in [-0.2, -0.15) is 0 Å². The Kier molecular flexibility index (Phi) is 24.5. The molecule has 2 heterocycles. The van der Waals surface area contributed by atoms with E-state index in [4.69, 9.17) is 31.3 Å². The number of carbonyl (C=O) groups excluding carboxylic acids is 5. The van der Waals surface area contributed by atoms with Gasteiger partial charge in [-0.3, -0.25) is 9.59 Å². The van der Waals surface area contributed by atoms with E-state index in [9.17, 15) is 34.2 Å². The third kappa shape index (κ3) is 18.2. The van der Waals surface area contributed by atoms with Gasteiger partial charge in [0, 0.05) is 44.2 Å². The van der Waals surface area contributed by atoms with Crippen LogP contribution in [0.5, 0.6) is 0 Å². The van der Waals surface area contributed by atoms with E-state index in [0.29, 0.717) is 57.3 Å². The number of nitrogens with zero attached hydrogens (tertiary/aromatic N) is 2. The number of aryl methyl sites for hydroxylation is 8. The summed E-state index contributed by atoms with van der Waals surface area (Å²) in [5.41, 5.74) is 9.90. The van der Waals surface area contributed by atoms with Crippen molar-refractivity contribution in [2.75, 3.05) is 11.5 Å². The van der Waals surface area contributed by atoms with Crippen LogP contribution in [0, 0.1) is 39.5 Å². The number of rotatable bonds is 17. The molecule has 6 rings (SSSR count). The molecule has 0 fully saturated rings. The fourth-order valence-corrected chi connectivity index (χ4v) is 22.8. The van der Waals surface area contributed by atoms with Gasteiger partial charge >= 0.3 is 149 Å². The standard InChI is InChI=1S/C25H30ClNO2S.C14H16ClNO2S.C11H15.3C2H4O2.Pb/c1-5-18-9-15(3)10-19(6-2)23(18)24-21(28)12-17(13-22(24)29)7-8-30-25-20(26)11-16(4)14-27-25;1-9-4-13(15)14(16-8-9)19-3-2-10-5-11(17)7-12(18)6-10;1-4-10-6-9(3)7-11(5-2)8-10;3*1-2(3)4;/h9-11,14,17,28H,5-8,12-13H2,1-4H3;4,7-8,10,17H,2-3,5-6H2,1H3;6-7H,4-5H2,1-3H3;3*1H3,(H,3,4);/q;;;;;;+3/p-3. The van der Waals surface area contributed by atoms with Crippen molar-refractivity contribution in [1.82, 2.24) is 9.97 Å². The van der Waals surface area contributed by atoms with E-state index >= 15 is 0 Å². The smallest absolute Gasteiger partial charge is 0.167 e. The van der Waals surface area contributed by atoms with E-state index in [2.05, 4.69) is 42.9 Å². The molecule has 0 radical (unpaired) electrons. The summed E-state index contributed by atoms with van der Waals surface area (Å²) in [7, 11) is 0. The van der Waals surface area contributed by atoms with Crippen molar-refractivity contribution < 1.29 is 42.2 Å². The van der Waals surface area contributed by atoms with Gasteiger partial charge < -0.3 is 10.2 Å². The first kappa shape index (κ1) is 61.3. The monoisotopic (exact) mass is 1270 g/mol. The first-order chi connectivity index (χ1) is 34.5. The fraction of sp³-hybridized carbons (Fsp3) is 0.446. The number of hydrogen-bond donors (Lipinski definition) is 2. The maximum atomic E-state index is 13.1. The molecule has 394 valence electrons. The van der Waals surface area contributed by atoms with Gasteiger partial charge in [-0.1, -0.05) is 54.7 Å². The molecular formula is C56H70Cl2N2O10PbS2. The molecule has 2 atom stereocenters. The number of thioether (sulfide) groups is 2. The van der Waals surface area contributed by atoms with Gasteiger partial charge in [-0.15, -0.1) is 23.5 Å². The average molecular weight is 1270 g/mol. The van der Waals surface area contributed by atoms with Gasteiger partial charge in [0.05, 0.1) is 21.4 Å². The topological polar surface area (TPSA) is 179 Å². The van der Waals surface area contributed by atoms with Gasteiger partial charge in [0.1, 0.15) is 15.8 Å². The van der Waals surface area contributed by atoms with Crippen LogP contribution in [0.2, 0.25) is 10.0 Å². The van der Waals surface area contributed by atoms with Crippen LogP contribution in [0.25, 0.3) is 5.57 Å². The second-order valence-corrected chi connectivity index (χ2v) is 30.1. The van der Waals surface area contributed by atoms with Crippen LogP contribution >= 0.6 is 46.7 Å². The molecule has 0 saturated carbocycles. The molecule has 2 aromatic carbocycles. The van der Waals surface area contributed by atoms with Gasteiger partial charge in [0.2, 0.25) is 0 Å². The fourth-order valence-electron chi connectivity index (χ4n) is 9.02. The molecule has 0 aliphatic heterocycles. The van der Waals surface area contributed by atoms with E-state index in [0.717, 1.165) is 91.7 Å². The molecule has 0 saturated heterocycles. The molecule has 2 aliphatic rings. The number of halogens is 2. The summed E-state index contributed by atoms with van der Waals surface area (Å²) < 4.78 is 17.0. The van der Waals surface area contributed by atoms with Gasteiger partial charge in [0.15, 0.2) is 11.6 Å². The number of hydrogen-bond acceptors (Lipinski definition) is 14. The molecule has 0 spiro atoms. The Morgan fingerprint density at radius 1 is 0.616 bits per heavy atom. The minimum absolute atomic E-state index is 0.0187. The third-order valence-electron chi connectivity index (χ3n) is 12.1. The number of aliphatic hydroxyl groups excluding tert-OH is 2. The van der Waals surface area contributed by atoms with Crippen LogP contribution in [-0.4, -0.2) is 83.7 Å². The number of benzene rings is 2. The number of Topliss-reactive ketones (excluding diaryl/α,β-unsaturated/α-hetero) is 1. The number of aromatic nitrogens is 2. The zero-order valence-corrected chi connectivity index (χ0v) is 51.0. The summed E-state index contributed by atoms with van der Waals surface area (Å²) in [5.74, 6) is 0.685. The van der Waals surface area contributed by atoms with Crippen LogP contribution < -0.4 is 3.12 Å². The van der Waals surface area contributed by atoms with Crippen molar-refractivity contribution in [2.24, 2.45) is 11.8 Å². The molecule has 2 unspecified atom stereocenters. The van der Waals surface area contributed by atoms with Gasteiger partial charge in [0.25, 0.3) is 0 Å². The Morgan fingerprint density at radius 2 is 1.03 bits per heavy atom. The second kappa shape index (κ2) is 29.2. The van der Waals surface area contributed by atoms with Crippen molar-refractivity contribution in [3.05, 3.63) is 127 Å². The summed E-state index contributed by atoms with van der Waals surface area (Å²) in [4.78, 5) is 68.3. The van der Waals surface area contributed by atoms with E-state index in [1.807, 2.05) is 65.1 Å². The van der Waals surface area contributed by atoms with Crippen LogP contribution in [0.1, 0.15) is 137 Å². The summed E-state index contributed by atoms with van der Waals surface area (Å²) in [6.45, 7) is 19.7. The van der Waals surface area contributed by atoms with Crippen molar-refractivity contribution in [3.63, 3.8) is 0 Å². The molecule has 17 heteroatoms. The number of aliphatic hydroxyl groups is 2. The Morgan fingerprint density at radius 3 is 1.40 bits per heavy atom. The number of carbonyl (C=O) groups is 5. The predicted octanol–water partition coefficient (Wildman–Crippen LogP) is 12.8. The minimum atomic E-state index is -5.17. The largest absolute Gasteiger partial charge is 0.512 e. The quantitative estimate of drug-likeness (QED) is 0.0753. The molecule has 4 aromatic rings. The number of pyridine rings is 2. The van der Waals surface area contributed by atoms with Crippen molar-refractivity contribution in [3.8, 4) is 0 Å². The maximum Gasteiger partial charge on any atom is 0.167 e. The molecule has 2 aliphatic carbocycles. The summed E-state index contributed by atoms with van der Waals surface area (Å²) in [5, 5.41) is 23.3. The first-order valence-corrected chi connectivity index (χ1v) is 34.2. The molecule has 12 nitrogen and oxygen atoms in total. The molecule has 0 bridgehead atoms. The summed E-state index contributed by atoms with van der Waals surface area (Å²) in [6, 6.07) is 12.0. The summed E-state index contributed by atoms with van der Waals surface area (Å²) >= 11 is 10.4. The van der Waals surface area contributed by atoms with Crippen LogP contribution in [0.4, 0.5) is 0 Å². The predicted molar refractivity (Wildman–Crippen MR) is 295 cm³/mol. The Balaban J connectivity index is 0.000000244. The molecule has 73 heavy (non-hydrogen) atoms. The third-order valence-corrected chi connectivity index (χ3v) is 26.3. The van der Waals surface area contributed by atoms with Crippen molar-refractivity contribution in [2.45, 2.75) is 150 Å². The van der Waals surface area contributed by atoms with Crippen LogP contribution in [0.15, 0.2) is 76.4 Å². The SMILES string of the molecule is CCc1cc(C)cc(CC)[c]1[Pb]([O]C(C)=O)([O]C(C)=O)[O]C(C)=O.CCc1cc(C)cc(CC)c1C1=C(O)CC(CCSc2ncc(C)cc2Cl)CC1=O.Cc1cnc(SCCC2CC(=O)C=C(O)C2)c(Cl)c1. The van der Waals surface area contributed by atoms with E-state index < -0.39 is 40.4 Å². The van der Waals surface area contributed by atoms with E-state index in [1.165, 1.54) is 32.4 Å². The van der Waals surface area contributed by atoms with E-state index in [-0.39, 0.29) is 34.9 Å². The van der Waals surface area contributed by atoms with Gasteiger partial charge in [-0.05, 0) is 110 Å². The second-order valence-electron chi connectivity index (χ2n) is 18.4. The Labute approximate surface area is 456 Å². The normalized spacial score (nSPS) is 15.6. The molecule has 2 N–H and O–H groups in total. The van der Waals surface area contributed by atoms with Crippen LogP contribution in [-0.2, 0) is 57.7 Å².